The van der Waals surface area contributed by atoms with Crippen molar-refractivity contribution in [2.75, 3.05) is 5.32 Å². The Labute approximate surface area is 176 Å². The molecule has 2 aromatic carbocycles. The molecule has 1 N–H and O–H groups in total. The maximum Gasteiger partial charge on any atom is 0.255 e. The van der Waals surface area contributed by atoms with Crippen LogP contribution >= 0.6 is 0 Å². The minimum Gasteiger partial charge on any atom is -0.322 e. The first-order valence-electron chi connectivity index (χ1n) is 9.60. The van der Waals surface area contributed by atoms with Crippen molar-refractivity contribution < 1.29 is 9.18 Å². The molecule has 0 spiro atoms. The zero-order valence-corrected chi connectivity index (χ0v) is 16.5. The van der Waals surface area contributed by atoms with Gasteiger partial charge in [0.15, 0.2) is 5.65 Å². The highest BCUT2D eigenvalue weighted by molar-refractivity contribution is 6.04. The van der Waals surface area contributed by atoms with Crippen LogP contribution in [0.3, 0.4) is 0 Å². The molecule has 0 atom stereocenters. The number of aryl methyl sites for hydroxylation is 1. The molecular formula is C23H17FN6O. The Hall–Kier alpha value is -4.33. The van der Waals surface area contributed by atoms with Crippen LogP contribution in [0.4, 0.5) is 10.1 Å². The second kappa shape index (κ2) is 7.49. The van der Waals surface area contributed by atoms with Crippen molar-refractivity contribution in [3.63, 3.8) is 0 Å². The third-order valence-corrected chi connectivity index (χ3v) is 4.98. The Morgan fingerprint density at radius 2 is 1.87 bits per heavy atom. The van der Waals surface area contributed by atoms with E-state index in [1.54, 1.807) is 27.8 Å². The van der Waals surface area contributed by atoms with E-state index in [1.807, 2.05) is 43.5 Å². The summed E-state index contributed by atoms with van der Waals surface area (Å²) >= 11 is 0. The first-order valence-corrected chi connectivity index (χ1v) is 9.60. The standard InChI is InChI=1S/C23H17FN6O/c1-15-4-9-19(28-23(31)16-5-7-18(24)8-6-16)11-20(15)29-14-17(12-27-29)21-13-25-22-3-2-10-26-30(21)22/h2-14H,1H3,(H,28,31). The minimum absolute atomic E-state index is 0.312. The molecule has 0 radical (unpaired) electrons. The number of carbonyl (C=O) groups excluding carboxylic acids is 1. The van der Waals surface area contributed by atoms with Gasteiger partial charge in [-0.15, -0.1) is 0 Å². The highest BCUT2D eigenvalue weighted by Gasteiger charge is 2.12. The number of anilines is 1. The lowest BCUT2D eigenvalue weighted by atomic mass is 10.1. The van der Waals surface area contributed by atoms with Crippen LogP contribution in [-0.2, 0) is 0 Å². The maximum atomic E-state index is 13.1. The monoisotopic (exact) mass is 412 g/mol. The summed E-state index contributed by atoms with van der Waals surface area (Å²) in [5, 5.41) is 11.7. The summed E-state index contributed by atoms with van der Waals surface area (Å²) in [5.74, 6) is -0.697. The van der Waals surface area contributed by atoms with E-state index in [0.717, 1.165) is 28.2 Å². The van der Waals surface area contributed by atoms with Crippen LogP contribution in [0.2, 0.25) is 0 Å². The molecule has 0 unspecified atom stereocenters. The van der Waals surface area contributed by atoms with Crippen molar-refractivity contribution in [1.82, 2.24) is 24.4 Å². The Morgan fingerprint density at radius 1 is 1.03 bits per heavy atom. The maximum absolute atomic E-state index is 13.1. The smallest absolute Gasteiger partial charge is 0.255 e. The summed E-state index contributed by atoms with van der Waals surface area (Å²) < 4.78 is 16.6. The molecule has 0 aliphatic carbocycles. The summed E-state index contributed by atoms with van der Waals surface area (Å²) in [6.45, 7) is 1.97. The normalized spacial score (nSPS) is 11.0. The third kappa shape index (κ3) is 3.55. The van der Waals surface area contributed by atoms with Crippen molar-refractivity contribution in [3.8, 4) is 16.9 Å². The van der Waals surface area contributed by atoms with Crippen LogP contribution in [0.15, 0.2) is 79.4 Å². The second-order valence-corrected chi connectivity index (χ2v) is 7.07. The molecule has 0 saturated heterocycles. The molecule has 5 aromatic rings. The summed E-state index contributed by atoms with van der Waals surface area (Å²) in [6, 6.07) is 14.7. The number of amides is 1. The fourth-order valence-corrected chi connectivity index (χ4v) is 3.35. The number of fused-ring (bicyclic) bond motifs is 1. The first-order chi connectivity index (χ1) is 15.1. The average Bonchev–Trinajstić information content (AvgIpc) is 3.42. The Balaban J connectivity index is 1.44. The molecule has 152 valence electrons. The van der Waals surface area contributed by atoms with E-state index < -0.39 is 0 Å². The largest absolute Gasteiger partial charge is 0.322 e. The number of benzene rings is 2. The molecule has 0 saturated carbocycles. The predicted molar refractivity (Wildman–Crippen MR) is 115 cm³/mol. The van der Waals surface area contributed by atoms with Gasteiger partial charge in [-0.3, -0.25) is 4.79 Å². The van der Waals surface area contributed by atoms with Crippen molar-refractivity contribution in [3.05, 3.63) is 96.3 Å². The summed E-state index contributed by atoms with van der Waals surface area (Å²) in [6.07, 6.45) is 7.11. The molecule has 3 heterocycles. The third-order valence-electron chi connectivity index (χ3n) is 4.98. The Morgan fingerprint density at radius 3 is 2.71 bits per heavy atom. The SMILES string of the molecule is Cc1ccc(NC(=O)c2ccc(F)cc2)cc1-n1cc(-c2cnc3cccnn23)cn1. The molecule has 1 amide bonds. The van der Waals surface area contributed by atoms with Crippen molar-refractivity contribution >= 4 is 17.2 Å². The van der Waals surface area contributed by atoms with E-state index in [4.69, 9.17) is 0 Å². The zero-order chi connectivity index (χ0) is 21.4. The number of rotatable bonds is 4. The number of hydrogen-bond donors (Lipinski definition) is 1. The van der Waals surface area contributed by atoms with Crippen LogP contribution < -0.4 is 5.32 Å². The number of imidazole rings is 1. The lowest BCUT2D eigenvalue weighted by Crippen LogP contribution is -2.12. The van der Waals surface area contributed by atoms with Crippen LogP contribution in [0, 0.1) is 12.7 Å². The summed E-state index contributed by atoms with van der Waals surface area (Å²) in [7, 11) is 0. The van der Waals surface area contributed by atoms with Gasteiger partial charge in [-0.2, -0.15) is 10.2 Å². The topological polar surface area (TPSA) is 77.1 Å². The molecule has 0 bridgehead atoms. The van der Waals surface area contributed by atoms with Gasteiger partial charge >= 0.3 is 0 Å². The summed E-state index contributed by atoms with van der Waals surface area (Å²) in [4.78, 5) is 16.8. The highest BCUT2D eigenvalue weighted by Crippen LogP contribution is 2.24. The number of nitrogens with zero attached hydrogens (tertiary/aromatic N) is 5. The fraction of sp³-hybridized carbons (Fsp3) is 0.0435. The van der Waals surface area contributed by atoms with Gasteiger partial charge in [0.05, 0.1) is 23.8 Å². The lowest BCUT2D eigenvalue weighted by molar-refractivity contribution is 0.102. The van der Waals surface area contributed by atoms with Gasteiger partial charge < -0.3 is 5.32 Å². The minimum atomic E-state index is -0.384. The number of nitrogens with one attached hydrogen (secondary N) is 1. The van der Waals surface area contributed by atoms with E-state index in [0.29, 0.717) is 11.3 Å². The number of halogens is 1. The predicted octanol–water partition coefficient (Wildman–Crippen LogP) is 4.28. The molecule has 3 aromatic heterocycles. The van der Waals surface area contributed by atoms with Crippen molar-refractivity contribution in [2.45, 2.75) is 6.92 Å². The van der Waals surface area contributed by atoms with Crippen LogP contribution in [0.5, 0.6) is 0 Å². The van der Waals surface area contributed by atoms with Gasteiger partial charge in [0.2, 0.25) is 0 Å². The number of hydrogen-bond acceptors (Lipinski definition) is 4. The van der Waals surface area contributed by atoms with E-state index in [2.05, 4.69) is 20.5 Å². The molecule has 5 rings (SSSR count). The highest BCUT2D eigenvalue weighted by atomic mass is 19.1. The van der Waals surface area contributed by atoms with Crippen LogP contribution in [0.25, 0.3) is 22.6 Å². The molecule has 0 aliphatic rings. The van der Waals surface area contributed by atoms with E-state index in [9.17, 15) is 9.18 Å². The average molecular weight is 412 g/mol. The number of aromatic nitrogens is 5. The molecule has 7 nitrogen and oxygen atoms in total. The molecule has 0 fully saturated rings. The Kier molecular flexibility index (Phi) is 4.51. The van der Waals surface area contributed by atoms with Gasteiger partial charge in [0.1, 0.15) is 5.82 Å². The van der Waals surface area contributed by atoms with Crippen molar-refractivity contribution in [2.24, 2.45) is 0 Å². The molecular weight excluding hydrogens is 395 g/mol. The van der Waals surface area contributed by atoms with Crippen molar-refractivity contribution in [1.29, 1.82) is 0 Å². The van der Waals surface area contributed by atoms with Gasteiger partial charge in [0.25, 0.3) is 5.91 Å². The lowest BCUT2D eigenvalue weighted by Gasteiger charge is -2.10. The molecule has 8 heteroatoms. The van der Waals surface area contributed by atoms with Crippen LogP contribution in [-0.4, -0.2) is 30.3 Å². The van der Waals surface area contributed by atoms with Gasteiger partial charge in [-0.1, -0.05) is 6.07 Å². The van der Waals surface area contributed by atoms with Gasteiger partial charge in [-0.25, -0.2) is 18.6 Å². The first kappa shape index (κ1) is 18.7. The zero-order valence-electron chi connectivity index (χ0n) is 16.5. The van der Waals surface area contributed by atoms with E-state index >= 15 is 0 Å². The van der Waals surface area contributed by atoms with E-state index in [-0.39, 0.29) is 11.7 Å². The quantitative estimate of drug-likeness (QED) is 0.478. The molecule has 0 aliphatic heterocycles. The van der Waals surface area contributed by atoms with Gasteiger partial charge in [0, 0.05) is 29.2 Å². The summed E-state index contributed by atoms with van der Waals surface area (Å²) in [5.41, 5.74) is 5.27. The van der Waals surface area contributed by atoms with Gasteiger partial charge in [-0.05, 0) is 61.0 Å². The number of carbonyl (C=O) groups is 1. The fourth-order valence-electron chi connectivity index (χ4n) is 3.35. The van der Waals surface area contributed by atoms with E-state index in [1.165, 1.54) is 24.3 Å². The van der Waals surface area contributed by atoms with Crippen LogP contribution in [0.1, 0.15) is 15.9 Å². The molecule has 31 heavy (non-hydrogen) atoms. The second-order valence-electron chi connectivity index (χ2n) is 7.07. The Bertz CT molecular complexity index is 1400.